The summed E-state index contributed by atoms with van der Waals surface area (Å²) >= 11 is 0. The minimum Gasteiger partial charge on any atom is -0.481 e. The summed E-state index contributed by atoms with van der Waals surface area (Å²) in [6.07, 6.45) is 3.29. The van der Waals surface area contributed by atoms with E-state index >= 15 is 0 Å². The van der Waals surface area contributed by atoms with Gasteiger partial charge in [-0.15, -0.1) is 0 Å². The number of sulfonamides is 1. The van der Waals surface area contributed by atoms with Gasteiger partial charge in [0.05, 0.1) is 28.9 Å². The molecule has 2 bridgehead atoms. The first-order valence-electron chi connectivity index (χ1n) is 10.1. The number of amides is 1. The molecule has 9 heteroatoms. The summed E-state index contributed by atoms with van der Waals surface area (Å²) in [5.41, 5.74) is 0.438. The molecule has 3 aliphatic rings. The average Bonchev–Trinajstić information content (AvgIpc) is 3.30. The van der Waals surface area contributed by atoms with Gasteiger partial charge in [0, 0.05) is 18.3 Å². The van der Waals surface area contributed by atoms with E-state index < -0.39 is 39.8 Å². The third-order valence-corrected chi connectivity index (χ3v) is 8.36. The van der Waals surface area contributed by atoms with Crippen LogP contribution in [-0.2, 0) is 24.3 Å². The van der Waals surface area contributed by atoms with Crippen molar-refractivity contribution in [2.45, 2.75) is 62.2 Å². The summed E-state index contributed by atoms with van der Waals surface area (Å²) in [6.45, 7) is 2.43. The molecule has 4 rings (SSSR count). The Morgan fingerprint density at radius 2 is 1.72 bits per heavy atom. The number of ether oxygens (including phenoxy) is 1. The molecule has 8 nitrogen and oxygen atoms in total. The quantitative estimate of drug-likeness (QED) is 0.751. The lowest BCUT2D eigenvalue weighted by molar-refractivity contribution is -0.147. The van der Waals surface area contributed by atoms with Crippen LogP contribution in [0.1, 0.15) is 39.0 Å². The van der Waals surface area contributed by atoms with Gasteiger partial charge in [0.2, 0.25) is 15.9 Å². The maximum Gasteiger partial charge on any atom is 0.310 e. The van der Waals surface area contributed by atoms with E-state index in [1.807, 2.05) is 6.92 Å². The number of benzene rings is 1. The van der Waals surface area contributed by atoms with Crippen LogP contribution in [0.2, 0.25) is 0 Å². The molecule has 0 aliphatic carbocycles. The number of carboxylic acids is 1. The summed E-state index contributed by atoms with van der Waals surface area (Å²) in [7, 11) is -3.58. The molecule has 1 aromatic rings. The number of rotatable bonds is 5. The van der Waals surface area contributed by atoms with E-state index in [0.29, 0.717) is 25.1 Å². The zero-order valence-electron chi connectivity index (χ0n) is 16.3. The SMILES string of the molecule is CC1CCCCN1S(=O)(=O)c1ccc(NC(=O)C2C3CCC(O3)C2C(=O)O)cc1. The third kappa shape index (κ3) is 3.67. The highest BCUT2D eigenvalue weighted by Gasteiger charge is 2.55. The lowest BCUT2D eigenvalue weighted by atomic mass is 9.78. The second-order valence-corrected chi connectivity index (χ2v) is 10.0. The highest BCUT2D eigenvalue weighted by Crippen LogP contribution is 2.44. The Bertz CT molecular complexity index is 900. The predicted octanol–water partition coefficient (Wildman–Crippen LogP) is 2.07. The monoisotopic (exact) mass is 422 g/mol. The van der Waals surface area contributed by atoms with Gasteiger partial charge in [-0.3, -0.25) is 9.59 Å². The molecular formula is C20H26N2O6S. The first-order chi connectivity index (χ1) is 13.8. The molecule has 2 N–H and O–H groups in total. The molecule has 5 unspecified atom stereocenters. The number of hydrogen-bond donors (Lipinski definition) is 2. The Kier molecular flexibility index (Phi) is 5.39. The molecule has 0 radical (unpaired) electrons. The topological polar surface area (TPSA) is 113 Å². The third-order valence-electron chi connectivity index (χ3n) is 6.33. The first kappa shape index (κ1) is 20.3. The van der Waals surface area contributed by atoms with E-state index in [9.17, 15) is 23.1 Å². The smallest absolute Gasteiger partial charge is 0.310 e. The Morgan fingerprint density at radius 3 is 2.34 bits per heavy atom. The van der Waals surface area contributed by atoms with E-state index in [4.69, 9.17) is 4.74 Å². The van der Waals surface area contributed by atoms with Gasteiger partial charge in [-0.05, 0) is 56.9 Å². The van der Waals surface area contributed by atoms with E-state index in [-0.39, 0.29) is 17.0 Å². The van der Waals surface area contributed by atoms with Gasteiger partial charge in [0.15, 0.2) is 0 Å². The van der Waals surface area contributed by atoms with Gasteiger partial charge in [0.25, 0.3) is 0 Å². The Labute approximate surface area is 170 Å². The van der Waals surface area contributed by atoms with Crippen molar-refractivity contribution in [1.82, 2.24) is 4.31 Å². The van der Waals surface area contributed by atoms with Crippen molar-refractivity contribution < 1.29 is 27.9 Å². The van der Waals surface area contributed by atoms with Crippen LogP contribution in [0.4, 0.5) is 5.69 Å². The Balaban J connectivity index is 1.47. The molecule has 3 saturated heterocycles. The fraction of sp³-hybridized carbons (Fsp3) is 0.600. The summed E-state index contributed by atoms with van der Waals surface area (Å²) < 4.78 is 33.0. The zero-order chi connectivity index (χ0) is 20.8. The number of nitrogens with zero attached hydrogens (tertiary/aromatic N) is 1. The molecule has 3 heterocycles. The summed E-state index contributed by atoms with van der Waals surface area (Å²) in [5.74, 6) is -2.99. The summed E-state index contributed by atoms with van der Waals surface area (Å²) in [4.78, 5) is 24.5. The van der Waals surface area contributed by atoms with E-state index in [2.05, 4.69) is 5.32 Å². The van der Waals surface area contributed by atoms with Crippen molar-refractivity contribution >= 4 is 27.6 Å². The van der Waals surface area contributed by atoms with Crippen LogP contribution in [-0.4, -0.2) is 54.5 Å². The van der Waals surface area contributed by atoms with Crippen molar-refractivity contribution in [3.63, 3.8) is 0 Å². The highest BCUT2D eigenvalue weighted by molar-refractivity contribution is 7.89. The standard InChI is InChI=1S/C20H26N2O6S/c1-12-4-2-3-11-22(12)29(26,27)14-7-5-13(6-8-14)21-19(23)17-15-9-10-16(28-15)18(17)20(24)25/h5-8,12,15-18H,2-4,9-11H2,1H3,(H,21,23)(H,24,25). The molecule has 29 heavy (non-hydrogen) atoms. The Morgan fingerprint density at radius 1 is 1.07 bits per heavy atom. The maximum absolute atomic E-state index is 12.9. The molecule has 158 valence electrons. The lowest BCUT2D eigenvalue weighted by Crippen LogP contribution is -2.42. The van der Waals surface area contributed by atoms with E-state index in [1.165, 1.54) is 16.4 Å². The number of piperidine rings is 1. The predicted molar refractivity (Wildman–Crippen MR) is 105 cm³/mol. The number of carbonyl (C=O) groups excluding carboxylic acids is 1. The normalized spacial score (nSPS) is 32.2. The summed E-state index contributed by atoms with van der Waals surface area (Å²) in [6, 6.07) is 6.03. The van der Waals surface area contributed by atoms with Gasteiger partial charge in [-0.1, -0.05) is 6.42 Å². The average molecular weight is 423 g/mol. The van der Waals surface area contributed by atoms with Gasteiger partial charge >= 0.3 is 5.97 Å². The van der Waals surface area contributed by atoms with Crippen molar-refractivity contribution in [2.75, 3.05) is 11.9 Å². The van der Waals surface area contributed by atoms with Crippen LogP contribution in [0.3, 0.4) is 0 Å². The molecular weight excluding hydrogens is 396 g/mol. The van der Waals surface area contributed by atoms with Gasteiger partial charge in [-0.2, -0.15) is 4.31 Å². The molecule has 0 spiro atoms. The molecule has 0 aromatic heterocycles. The van der Waals surface area contributed by atoms with E-state index in [0.717, 1.165) is 19.3 Å². The maximum atomic E-state index is 12.9. The fourth-order valence-corrected chi connectivity index (χ4v) is 6.52. The number of hydrogen-bond acceptors (Lipinski definition) is 5. The molecule has 1 amide bonds. The number of fused-ring (bicyclic) bond motifs is 2. The second kappa shape index (κ2) is 7.70. The minimum atomic E-state index is -3.58. The molecule has 0 saturated carbocycles. The van der Waals surface area contributed by atoms with Crippen molar-refractivity contribution in [1.29, 1.82) is 0 Å². The number of carbonyl (C=O) groups is 2. The van der Waals surface area contributed by atoms with Crippen LogP contribution in [0.25, 0.3) is 0 Å². The summed E-state index contributed by atoms with van der Waals surface area (Å²) in [5, 5.41) is 12.2. The first-order valence-corrected chi connectivity index (χ1v) is 11.5. The van der Waals surface area contributed by atoms with Gasteiger partial charge < -0.3 is 15.2 Å². The molecule has 5 atom stereocenters. The number of carboxylic acid groups (broad SMARTS) is 1. The van der Waals surface area contributed by atoms with Crippen molar-refractivity contribution in [3.8, 4) is 0 Å². The highest BCUT2D eigenvalue weighted by atomic mass is 32.2. The zero-order valence-corrected chi connectivity index (χ0v) is 17.1. The van der Waals surface area contributed by atoms with Crippen LogP contribution in [0.5, 0.6) is 0 Å². The number of aliphatic carboxylic acids is 1. The molecule has 3 fully saturated rings. The number of nitrogens with one attached hydrogen (secondary N) is 1. The van der Waals surface area contributed by atoms with Crippen LogP contribution >= 0.6 is 0 Å². The van der Waals surface area contributed by atoms with E-state index in [1.54, 1.807) is 12.1 Å². The van der Waals surface area contributed by atoms with Gasteiger partial charge in [0.1, 0.15) is 0 Å². The van der Waals surface area contributed by atoms with Crippen LogP contribution in [0, 0.1) is 11.8 Å². The second-order valence-electron chi connectivity index (χ2n) is 8.15. The van der Waals surface area contributed by atoms with Crippen molar-refractivity contribution in [2.24, 2.45) is 11.8 Å². The fourth-order valence-electron chi connectivity index (χ4n) is 4.82. The number of anilines is 1. The minimum absolute atomic E-state index is 0.0288. The van der Waals surface area contributed by atoms with Crippen LogP contribution in [0.15, 0.2) is 29.2 Å². The molecule has 1 aromatic carbocycles. The largest absolute Gasteiger partial charge is 0.481 e. The van der Waals surface area contributed by atoms with Crippen LogP contribution < -0.4 is 5.32 Å². The van der Waals surface area contributed by atoms with Crippen molar-refractivity contribution in [3.05, 3.63) is 24.3 Å². The molecule has 3 aliphatic heterocycles. The Hall–Kier alpha value is -1.97. The lowest BCUT2D eigenvalue weighted by Gasteiger charge is -2.32. The van der Waals surface area contributed by atoms with Gasteiger partial charge in [-0.25, -0.2) is 8.42 Å².